The first kappa shape index (κ1) is 11.4. The summed E-state index contributed by atoms with van der Waals surface area (Å²) in [5.74, 6) is 3.93. The zero-order chi connectivity index (χ0) is 10.8. The first-order chi connectivity index (χ1) is 7.18. The normalized spacial score (nSPS) is 33.4. The summed E-state index contributed by atoms with van der Waals surface area (Å²) < 4.78 is 0. The monoisotopic (exact) mass is 209 g/mol. The molecule has 1 unspecified atom stereocenters. The molecule has 0 aromatic carbocycles. The van der Waals surface area contributed by atoms with Crippen LogP contribution in [0.15, 0.2) is 0 Å². The van der Waals surface area contributed by atoms with Gasteiger partial charge < -0.3 is 4.90 Å². The molecule has 0 N–H and O–H groups in total. The Balaban J connectivity index is 1.86. The van der Waals surface area contributed by atoms with Crippen molar-refractivity contribution in [3.63, 3.8) is 0 Å². The highest BCUT2D eigenvalue weighted by Gasteiger charge is 2.32. The minimum atomic E-state index is 0.943. The van der Waals surface area contributed by atoms with Crippen LogP contribution in [-0.4, -0.2) is 25.0 Å². The van der Waals surface area contributed by atoms with Gasteiger partial charge in [-0.25, -0.2) is 0 Å². The molecule has 1 saturated heterocycles. The Labute approximate surface area is 95.2 Å². The molecule has 1 heteroatoms. The van der Waals surface area contributed by atoms with Gasteiger partial charge in [-0.15, -0.1) is 0 Å². The van der Waals surface area contributed by atoms with Crippen LogP contribution >= 0.6 is 0 Å². The fourth-order valence-corrected chi connectivity index (χ4v) is 3.74. The van der Waals surface area contributed by atoms with E-state index in [-0.39, 0.29) is 0 Å². The predicted molar refractivity (Wildman–Crippen MR) is 65.9 cm³/mol. The third-order valence-electron chi connectivity index (χ3n) is 5.14. The van der Waals surface area contributed by atoms with Crippen molar-refractivity contribution in [1.82, 2.24) is 4.90 Å². The zero-order valence-corrected chi connectivity index (χ0v) is 10.7. The second kappa shape index (κ2) is 4.86. The van der Waals surface area contributed by atoms with Crippen LogP contribution in [0, 0.1) is 23.7 Å². The molecular weight excluding hydrogens is 182 g/mol. The summed E-state index contributed by atoms with van der Waals surface area (Å²) in [6.07, 6.45) is 7.44. The highest BCUT2D eigenvalue weighted by Crippen LogP contribution is 2.39. The van der Waals surface area contributed by atoms with Crippen molar-refractivity contribution in [3.05, 3.63) is 0 Å². The maximum absolute atomic E-state index is 2.51. The molecule has 0 amide bonds. The third kappa shape index (κ3) is 2.55. The van der Waals surface area contributed by atoms with E-state index in [9.17, 15) is 0 Å². The average Bonchev–Trinajstić information content (AvgIpc) is 2.85. The molecule has 2 fully saturated rings. The Bertz CT molecular complexity index is 196. The summed E-state index contributed by atoms with van der Waals surface area (Å²) in [5.41, 5.74) is 0. The lowest BCUT2D eigenvalue weighted by molar-refractivity contribution is 0.195. The Hall–Kier alpha value is -0.0400. The van der Waals surface area contributed by atoms with Crippen LogP contribution in [0.5, 0.6) is 0 Å². The molecule has 0 radical (unpaired) electrons. The number of likely N-dealkylation sites (tertiary alicyclic amines) is 1. The molecule has 0 aromatic rings. The van der Waals surface area contributed by atoms with E-state index in [1.165, 1.54) is 45.2 Å². The van der Waals surface area contributed by atoms with Gasteiger partial charge >= 0.3 is 0 Å². The van der Waals surface area contributed by atoms with Crippen molar-refractivity contribution in [1.29, 1.82) is 0 Å². The van der Waals surface area contributed by atoms with Crippen LogP contribution in [-0.2, 0) is 0 Å². The van der Waals surface area contributed by atoms with E-state index in [1.54, 1.807) is 0 Å². The Morgan fingerprint density at radius 2 is 1.53 bits per heavy atom. The standard InChI is InChI=1S/C14H27N/c1-11(13-6-4-5-7-13)12(2)14-8-9-15(3)10-14/h11-14H,4-10H2,1-3H3/t11-,12+,14?/m1/s1. The van der Waals surface area contributed by atoms with Gasteiger partial charge in [0.05, 0.1) is 0 Å². The molecule has 2 rings (SSSR count). The van der Waals surface area contributed by atoms with Gasteiger partial charge in [0.1, 0.15) is 0 Å². The van der Waals surface area contributed by atoms with Crippen molar-refractivity contribution in [2.75, 3.05) is 20.1 Å². The number of hydrogen-bond donors (Lipinski definition) is 0. The summed E-state index contributed by atoms with van der Waals surface area (Å²) in [5, 5.41) is 0. The molecule has 2 aliphatic rings. The van der Waals surface area contributed by atoms with Gasteiger partial charge in [-0.3, -0.25) is 0 Å². The van der Waals surface area contributed by atoms with E-state index in [0.29, 0.717) is 0 Å². The van der Waals surface area contributed by atoms with E-state index in [2.05, 4.69) is 25.8 Å². The highest BCUT2D eigenvalue weighted by molar-refractivity contribution is 4.84. The van der Waals surface area contributed by atoms with E-state index in [1.807, 2.05) is 0 Å². The lowest BCUT2D eigenvalue weighted by Gasteiger charge is -2.30. The fraction of sp³-hybridized carbons (Fsp3) is 1.00. The fourth-order valence-electron chi connectivity index (χ4n) is 3.74. The first-order valence-corrected chi connectivity index (χ1v) is 6.87. The molecule has 0 aromatic heterocycles. The lowest BCUT2D eigenvalue weighted by atomic mass is 9.76. The van der Waals surface area contributed by atoms with Gasteiger partial charge in [-0.2, -0.15) is 0 Å². The maximum Gasteiger partial charge on any atom is 0.000973 e. The van der Waals surface area contributed by atoms with Crippen LogP contribution in [0.25, 0.3) is 0 Å². The lowest BCUT2D eigenvalue weighted by Crippen LogP contribution is -2.26. The van der Waals surface area contributed by atoms with Crippen molar-refractivity contribution < 1.29 is 0 Å². The van der Waals surface area contributed by atoms with E-state index in [0.717, 1.165) is 23.7 Å². The van der Waals surface area contributed by atoms with Gasteiger partial charge in [0.2, 0.25) is 0 Å². The second-order valence-corrected chi connectivity index (χ2v) is 6.07. The molecule has 1 saturated carbocycles. The van der Waals surface area contributed by atoms with Gasteiger partial charge in [-0.05, 0) is 43.7 Å². The second-order valence-electron chi connectivity index (χ2n) is 6.07. The molecule has 1 nitrogen and oxygen atoms in total. The smallest absolute Gasteiger partial charge is 0.000973 e. The van der Waals surface area contributed by atoms with Gasteiger partial charge in [0, 0.05) is 6.54 Å². The van der Waals surface area contributed by atoms with Crippen molar-refractivity contribution >= 4 is 0 Å². The van der Waals surface area contributed by atoms with Crippen LogP contribution in [0.2, 0.25) is 0 Å². The molecule has 0 spiro atoms. The van der Waals surface area contributed by atoms with Gasteiger partial charge in [0.25, 0.3) is 0 Å². The van der Waals surface area contributed by atoms with E-state index >= 15 is 0 Å². The Morgan fingerprint density at radius 1 is 0.933 bits per heavy atom. The summed E-state index contributed by atoms with van der Waals surface area (Å²) >= 11 is 0. The van der Waals surface area contributed by atoms with Crippen molar-refractivity contribution in [3.8, 4) is 0 Å². The molecule has 1 heterocycles. The number of rotatable bonds is 3. The first-order valence-electron chi connectivity index (χ1n) is 6.87. The molecule has 15 heavy (non-hydrogen) atoms. The predicted octanol–water partition coefficient (Wildman–Crippen LogP) is 3.40. The molecule has 0 bridgehead atoms. The molecule has 3 atom stereocenters. The SMILES string of the molecule is C[C@H](C1CCN(C)C1)[C@@H](C)C1CCCC1. The topological polar surface area (TPSA) is 3.24 Å². The van der Waals surface area contributed by atoms with Crippen LogP contribution in [0.1, 0.15) is 46.0 Å². The average molecular weight is 209 g/mol. The summed E-state index contributed by atoms with van der Waals surface area (Å²) in [7, 11) is 2.27. The minimum absolute atomic E-state index is 0.943. The van der Waals surface area contributed by atoms with E-state index in [4.69, 9.17) is 0 Å². The van der Waals surface area contributed by atoms with Crippen molar-refractivity contribution in [2.45, 2.75) is 46.0 Å². The quantitative estimate of drug-likeness (QED) is 0.688. The van der Waals surface area contributed by atoms with E-state index < -0.39 is 0 Å². The number of nitrogens with zero attached hydrogens (tertiary/aromatic N) is 1. The van der Waals surface area contributed by atoms with Crippen LogP contribution < -0.4 is 0 Å². The zero-order valence-electron chi connectivity index (χ0n) is 10.7. The summed E-state index contributed by atoms with van der Waals surface area (Å²) in [4.78, 5) is 2.50. The molecular formula is C14H27N. The molecule has 1 aliphatic carbocycles. The Morgan fingerprint density at radius 3 is 2.07 bits per heavy atom. The molecule has 88 valence electrons. The van der Waals surface area contributed by atoms with Crippen LogP contribution in [0.3, 0.4) is 0 Å². The summed E-state index contributed by atoms with van der Waals surface area (Å²) in [6, 6.07) is 0. The molecule has 1 aliphatic heterocycles. The minimum Gasteiger partial charge on any atom is -0.306 e. The third-order valence-corrected chi connectivity index (χ3v) is 5.14. The van der Waals surface area contributed by atoms with Crippen LogP contribution in [0.4, 0.5) is 0 Å². The van der Waals surface area contributed by atoms with Gasteiger partial charge in [-0.1, -0.05) is 39.5 Å². The highest BCUT2D eigenvalue weighted by atomic mass is 15.1. The van der Waals surface area contributed by atoms with Gasteiger partial charge in [0.15, 0.2) is 0 Å². The van der Waals surface area contributed by atoms with Crippen molar-refractivity contribution in [2.24, 2.45) is 23.7 Å². The summed E-state index contributed by atoms with van der Waals surface area (Å²) in [6.45, 7) is 7.69. The number of hydrogen-bond acceptors (Lipinski definition) is 1. The largest absolute Gasteiger partial charge is 0.306 e. The maximum atomic E-state index is 2.51. The Kier molecular flexibility index (Phi) is 3.71.